The summed E-state index contributed by atoms with van der Waals surface area (Å²) in [4.78, 5) is 17.3. The molecule has 7 nitrogen and oxygen atoms in total. The molecule has 0 amide bonds. The number of oxime groups is 1. The molecule has 0 bridgehead atoms. The molecule has 0 aliphatic carbocycles. The minimum atomic E-state index is -0.939. The van der Waals surface area contributed by atoms with E-state index in [9.17, 15) is 9.90 Å². The number of carboxylic acids is 1. The fourth-order valence-electron chi connectivity index (χ4n) is 3.77. The highest BCUT2D eigenvalue weighted by atomic mass is 16.6. The van der Waals surface area contributed by atoms with Crippen LogP contribution in [0.25, 0.3) is 5.69 Å². The number of aromatic nitrogens is 2. The maximum atomic E-state index is 11.9. The van der Waals surface area contributed by atoms with E-state index in [4.69, 9.17) is 9.57 Å². The van der Waals surface area contributed by atoms with Gasteiger partial charge < -0.3 is 14.7 Å². The summed E-state index contributed by atoms with van der Waals surface area (Å²) in [5, 5.41) is 18.2. The predicted molar refractivity (Wildman–Crippen MR) is 143 cm³/mol. The topological polar surface area (TPSA) is 85.9 Å². The first-order valence-electron chi connectivity index (χ1n) is 12.1. The van der Waals surface area contributed by atoms with Crippen LogP contribution in [0.3, 0.4) is 0 Å². The molecule has 0 saturated heterocycles. The average molecular weight is 498 g/mol. The lowest BCUT2D eigenvalue weighted by atomic mass is 9.95. The molecule has 190 valence electrons. The Morgan fingerprint density at radius 2 is 1.51 bits per heavy atom. The van der Waals surface area contributed by atoms with Crippen LogP contribution >= 0.6 is 0 Å². The molecule has 0 saturated carbocycles. The summed E-state index contributed by atoms with van der Waals surface area (Å²) < 4.78 is 7.73. The van der Waals surface area contributed by atoms with E-state index >= 15 is 0 Å². The summed E-state index contributed by atoms with van der Waals surface area (Å²) in [6.07, 6.45) is 4.04. The van der Waals surface area contributed by atoms with Crippen LogP contribution in [0, 0.1) is 19.8 Å². The Balaban J connectivity index is 1.30. The number of hydrogen-bond donors (Lipinski definition) is 1. The number of aliphatic carboxylic acids is 1. The first-order chi connectivity index (χ1) is 17.9. The molecule has 1 heterocycles. The minimum absolute atomic E-state index is 0.292. The average Bonchev–Trinajstić information content (AvgIpc) is 3.37. The molecule has 3 aromatic carbocycles. The number of nitrogens with zero attached hydrogens (tertiary/aromatic N) is 3. The largest absolute Gasteiger partial charge is 0.489 e. The molecule has 0 spiro atoms. The number of aryl methyl sites for hydroxylation is 2. The van der Waals surface area contributed by atoms with Gasteiger partial charge in [0.2, 0.25) is 0 Å². The molecule has 1 unspecified atom stereocenters. The zero-order valence-electron chi connectivity index (χ0n) is 21.3. The number of rotatable bonds is 11. The van der Waals surface area contributed by atoms with Gasteiger partial charge in [-0.25, -0.2) is 4.68 Å². The van der Waals surface area contributed by atoms with Gasteiger partial charge in [0.15, 0.2) is 0 Å². The van der Waals surface area contributed by atoms with E-state index < -0.39 is 11.9 Å². The van der Waals surface area contributed by atoms with Crippen molar-refractivity contribution in [3.05, 3.63) is 113 Å². The Morgan fingerprint density at radius 3 is 2.16 bits per heavy atom. The van der Waals surface area contributed by atoms with Crippen LogP contribution in [-0.2, 0) is 29.3 Å². The van der Waals surface area contributed by atoms with Crippen molar-refractivity contribution in [3.8, 4) is 11.4 Å². The van der Waals surface area contributed by atoms with Gasteiger partial charge in [0, 0.05) is 11.8 Å². The Labute approximate surface area is 217 Å². The van der Waals surface area contributed by atoms with Crippen molar-refractivity contribution in [2.24, 2.45) is 11.1 Å². The number of ether oxygens (including phenoxy) is 1. The van der Waals surface area contributed by atoms with Gasteiger partial charge in [0.1, 0.15) is 24.9 Å². The van der Waals surface area contributed by atoms with Crippen molar-refractivity contribution in [3.63, 3.8) is 0 Å². The lowest BCUT2D eigenvalue weighted by Gasteiger charge is -2.13. The van der Waals surface area contributed by atoms with E-state index in [2.05, 4.69) is 29.3 Å². The molecule has 37 heavy (non-hydrogen) atoms. The first-order valence-corrected chi connectivity index (χ1v) is 12.1. The monoisotopic (exact) mass is 497 g/mol. The molecule has 1 aromatic heterocycles. The number of benzene rings is 3. The maximum Gasteiger partial charge on any atom is 0.312 e. The fourth-order valence-corrected chi connectivity index (χ4v) is 3.77. The van der Waals surface area contributed by atoms with Crippen LogP contribution < -0.4 is 4.74 Å². The van der Waals surface area contributed by atoms with Crippen LogP contribution in [0.15, 0.2) is 90.3 Å². The zero-order valence-corrected chi connectivity index (χ0v) is 21.3. The summed E-state index contributed by atoms with van der Waals surface area (Å²) in [5.41, 5.74) is 6.59. The van der Waals surface area contributed by atoms with Gasteiger partial charge in [-0.3, -0.25) is 4.79 Å². The number of hydrogen-bond acceptors (Lipinski definition) is 5. The molecule has 0 radical (unpaired) electrons. The van der Waals surface area contributed by atoms with Gasteiger partial charge in [-0.15, -0.1) is 0 Å². The van der Waals surface area contributed by atoms with Crippen LogP contribution in [0.5, 0.6) is 5.75 Å². The number of carboxylic acid groups (broad SMARTS) is 1. The van der Waals surface area contributed by atoms with Gasteiger partial charge in [-0.1, -0.05) is 64.8 Å². The number of carbonyl (C=O) groups is 1. The molecule has 0 fully saturated rings. The highest BCUT2D eigenvalue weighted by Gasteiger charge is 2.22. The van der Waals surface area contributed by atoms with Gasteiger partial charge in [0.05, 0.1) is 17.6 Å². The molecular weight excluding hydrogens is 466 g/mol. The Kier molecular flexibility index (Phi) is 8.36. The Bertz CT molecular complexity index is 1340. The van der Waals surface area contributed by atoms with E-state index in [1.54, 1.807) is 13.1 Å². The van der Waals surface area contributed by atoms with Crippen molar-refractivity contribution in [2.45, 2.75) is 40.4 Å². The second-order valence-corrected chi connectivity index (χ2v) is 9.15. The van der Waals surface area contributed by atoms with Crippen LogP contribution in [0.1, 0.15) is 34.7 Å². The van der Waals surface area contributed by atoms with Crippen LogP contribution in [0.2, 0.25) is 0 Å². The second kappa shape index (κ2) is 12.0. The second-order valence-electron chi connectivity index (χ2n) is 9.15. The van der Waals surface area contributed by atoms with E-state index in [0.29, 0.717) is 31.1 Å². The van der Waals surface area contributed by atoms with Crippen molar-refractivity contribution in [1.82, 2.24) is 9.78 Å². The van der Waals surface area contributed by atoms with Gasteiger partial charge in [-0.2, -0.15) is 5.10 Å². The quantitative estimate of drug-likeness (QED) is 0.206. The van der Waals surface area contributed by atoms with E-state index in [0.717, 1.165) is 22.4 Å². The van der Waals surface area contributed by atoms with Gasteiger partial charge in [-0.05, 0) is 62.6 Å². The zero-order chi connectivity index (χ0) is 26.2. The van der Waals surface area contributed by atoms with Gasteiger partial charge >= 0.3 is 5.97 Å². The third kappa shape index (κ3) is 7.30. The summed E-state index contributed by atoms with van der Waals surface area (Å²) in [6, 6.07) is 23.5. The lowest BCUT2D eigenvalue weighted by molar-refractivity contribution is -0.139. The molecular formula is C30H31N3O4. The first kappa shape index (κ1) is 25.7. The van der Waals surface area contributed by atoms with Gasteiger partial charge in [0.25, 0.3) is 0 Å². The lowest BCUT2D eigenvalue weighted by Crippen LogP contribution is -2.24. The SMILES string of the molecule is CC(=NOCc1ccc(C)cc1)C(Cc1ccc(OCc2cnn(-c3ccc(C)cc3)c2)cc1)C(=O)O. The van der Waals surface area contributed by atoms with Crippen LogP contribution in [-0.4, -0.2) is 26.6 Å². The van der Waals surface area contributed by atoms with E-state index in [1.165, 1.54) is 11.1 Å². The van der Waals surface area contributed by atoms with Crippen LogP contribution in [0.4, 0.5) is 0 Å². The Morgan fingerprint density at radius 1 is 0.892 bits per heavy atom. The Hall–Kier alpha value is -4.39. The van der Waals surface area contributed by atoms with Crippen molar-refractivity contribution in [1.29, 1.82) is 0 Å². The van der Waals surface area contributed by atoms with Crippen molar-refractivity contribution < 1.29 is 19.5 Å². The normalized spacial score (nSPS) is 12.2. The third-order valence-electron chi connectivity index (χ3n) is 6.07. The molecule has 4 aromatic rings. The summed E-state index contributed by atoms with van der Waals surface area (Å²) in [5.74, 6) is -1.02. The standard InChI is InChI=1S/C30H31N3O4/c1-21-4-8-25(9-5-21)20-37-32-23(3)29(30(34)35)16-24-10-14-28(15-11-24)36-19-26-17-31-33(18-26)27-12-6-22(2)7-13-27/h4-15,17-18,29H,16,19-20H2,1-3H3,(H,34,35). The smallest absolute Gasteiger partial charge is 0.312 e. The highest BCUT2D eigenvalue weighted by Crippen LogP contribution is 2.19. The summed E-state index contributed by atoms with van der Waals surface area (Å²) in [6.45, 7) is 6.43. The fraction of sp³-hybridized carbons (Fsp3) is 0.233. The molecule has 1 atom stereocenters. The molecule has 7 heteroatoms. The highest BCUT2D eigenvalue weighted by molar-refractivity contribution is 6.00. The predicted octanol–water partition coefficient (Wildman–Crippen LogP) is 5.90. The molecule has 4 rings (SSSR count). The maximum absolute atomic E-state index is 11.9. The molecule has 1 N–H and O–H groups in total. The summed E-state index contributed by atoms with van der Waals surface area (Å²) in [7, 11) is 0. The summed E-state index contributed by atoms with van der Waals surface area (Å²) >= 11 is 0. The van der Waals surface area contributed by atoms with E-state index in [-0.39, 0.29) is 0 Å². The molecule has 0 aliphatic rings. The molecule has 0 aliphatic heterocycles. The van der Waals surface area contributed by atoms with Crippen molar-refractivity contribution >= 4 is 11.7 Å². The minimum Gasteiger partial charge on any atom is -0.489 e. The van der Waals surface area contributed by atoms with E-state index in [1.807, 2.05) is 78.5 Å². The third-order valence-corrected chi connectivity index (χ3v) is 6.07. The van der Waals surface area contributed by atoms with Crippen molar-refractivity contribution in [2.75, 3.05) is 0 Å².